The Balaban J connectivity index is 2.72. The SMILES string of the molecule is CCCCN(CCCC)c1ccnc(NCC)c1. The number of unbranched alkanes of at least 4 members (excludes halogenated alkanes) is 2. The lowest BCUT2D eigenvalue weighted by Gasteiger charge is -2.25. The van der Waals surface area contributed by atoms with E-state index in [9.17, 15) is 0 Å². The van der Waals surface area contributed by atoms with Crippen molar-refractivity contribution in [3.05, 3.63) is 18.3 Å². The van der Waals surface area contributed by atoms with Gasteiger partial charge in [0.15, 0.2) is 0 Å². The highest BCUT2D eigenvalue weighted by atomic mass is 15.1. The molecule has 0 aliphatic rings. The van der Waals surface area contributed by atoms with Crippen LogP contribution in [0.1, 0.15) is 46.5 Å². The van der Waals surface area contributed by atoms with E-state index in [0.29, 0.717) is 0 Å². The van der Waals surface area contributed by atoms with Crippen molar-refractivity contribution in [1.29, 1.82) is 0 Å². The lowest BCUT2D eigenvalue weighted by atomic mass is 10.2. The van der Waals surface area contributed by atoms with Gasteiger partial charge in [-0.1, -0.05) is 26.7 Å². The van der Waals surface area contributed by atoms with E-state index < -0.39 is 0 Å². The van der Waals surface area contributed by atoms with Crippen molar-refractivity contribution in [2.75, 3.05) is 29.9 Å². The molecule has 1 heterocycles. The number of nitrogens with one attached hydrogen (secondary N) is 1. The Morgan fingerprint density at radius 1 is 1.11 bits per heavy atom. The minimum atomic E-state index is 0.917. The third-order valence-corrected chi connectivity index (χ3v) is 3.03. The molecule has 0 aliphatic heterocycles. The van der Waals surface area contributed by atoms with Crippen molar-refractivity contribution < 1.29 is 0 Å². The largest absolute Gasteiger partial charge is 0.371 e. The third kappa shape index (κ3) is 4.94. The molecule has 0 amide bonds. The van der Waals surface area contributed by atoms with Crippen molar-refractivity contribution in [1.82, 2.24) is 4.98 Å². The van der Waals surface area contributed by atoms with Crippen LogP contribution in [0.25, 0.3) is 0 Å². The predicted octanol–water partition coefficient (Wildman–Crippen LogP) is 3.92. The van der Waals surface area contributed by atoms with Crippen molar-refractivity contribution in [3.63, 3.8) is 0 Å². The van der Waals surface area contributed by atoms with Crippen LogP contribution in [0.4, 0.5) is 11.5 Å². The van der Waals surface area contributed by atoms with E-state index >= 15 is 0 Å². The average molecular weight is 249 g/mol. The summed E-state index contributed by atoms with van der Waals surface area (Å²) < 4.78 is 0. The molecule has 0 bridgehead atoms. The van der Waals surface area contributed by atoms with E-state index in [2.05, 4.69) is 48.1 Å². The van der Waals surface area contributed by atoms with Gasteiger partial charge >= 0.3 is 0 Å². The van der Waals surface area contributed by atoms with Crippen LogP contribution in [0.5, 0.6) is 0 Å². The van der Waals surface area contributed by atoms with E-state index in [4.69, 9.17) is 0 Å². The van der Waals surface area contributed by atoms with Crippen molar-refractivity contribution in [3.8, 4) is 0 Å². The molecule has 0 radical (unpaired) electrons. The third-order valence-electron chi connectivity index (χ3n) is 3.03. The summed E-state index contributed by atoms with van der Waals surface area (Å²) in [6.07, 6.45) is 6.89. The van der Waals surface area contributed by atoms with Crippen LogP contribution >= 0.6 is 0 Å². The van der Waals surface area contributed by atoms with Crippen LogP contribution in [-0.2, 0) is 0 Å². The molecule has 1 aromatic rings. The van der Waals surface area contributed by atoms with Crippen molar-refractivity contribution >= 4 is 11.5 Å². The summed E-state index contributed by atoms with van der Waals surface area (Å²) in [6.45, 7) is 9.79. The number of hydrogen-bond acceptors (Lipinski definition) is 3. The van der Waals surface area contributed by atoms with Gasteiger partial charge in [-0.25, -0.2) is 4.98 Å². The number of nitrogens with zero attached hydrogens (tertiary/aromatic N) is 2. The average Bonchev–Trinajstić information content (AvgIpc) is 2.40. The van der Waals surface area contributed by atoms with Gasteiger partial charge in [-0.05, 0) is 25.8 Å². The summed E-state index contributed by atoms with van der Waals surface area (Å²) in [5.41, 5.74) is 1.29. The first-order chi connectivity index (χ1) is 8.81. The maximum Gasteiger partial charge on any atom is 0.127 e. The van der Waals surface area contributed by atoms with Crippen LogP contribution in [-0.4, -0.2) is 24.6 Å². The minimum Gasteiger partial charge on any atom is -0.371 e. The summed E-state index contributed by atoms with van der Waals surface area (Å²) in [5.74, 6) is 0.980. The van der Waals surface area contributed by atoms with Crippen LogP contribution in [0, 0.1) is 0 Å². The van der Waals surface area contributed by atoms with Gasteiger partial charge in [0.1, 0.15) is 5.82 Å². The van der Waals surface area contributed by atoms with Gasteiger partial charge < -0.3 is 10.2 Å². The molecule has 0 aliphatic carbocycles. The van der Waals surface area contributed by atoms with E-state index in [1.807, 2.05) is 6.20 Å². The normalized spacial score (nSPS) is 10.4. The van der Waals surface area contributed by atoms with Crippen molar-refractivity contribution in [2.24, 2.45) is 0 Å². The van der Waals surface area contributed by atoms with Gasteiger partial charge in [-0.15, -0.1) is 0 Å². The van der Waals surface area contributed by atoms with E-state index in [1.54, 1.807) is 0 Å². The molecule has 3 nitrogen and oxygen atoms in total. The van der Waals surface area contributed by atoms with E-state index in [1.165, 1.54) is 31.4 Å². The first kappa shape index (κ1) is 14.8. The van der Waals surface area contributed by atoms with Crippen LogP contribution in [0.2, 0.25) is 0 Å². The van der Waals surface area contributed by atoms with Crippen LogP contribution in [0.3, 0.4) is 0 Å². The highest BCUT2D eigenvalue weighted by Crippen LogP contribution is 2.18. The zero-order valence-corrected chi connectivity index (χ0v) is 12.1. The van der Waals surface area contributed by atoms with E-state index in [-0.39, 0.29) is 0 Å². The van der Waals surface area contributed by atoms with Gasteiger partial charge in [0.25, 0.3) is 0 Å². The quantitative estimate of drug-likeness (QED) is 0.719. The Hall–Kier alpha value is -1.25. The fourth-order valence-corrected chi connectivity index (χ4v) is 1.96. The standard InChI is InChI=1S/C15H27N3/c1-4-7-11-18(12-8-5-2)14-9-10-17-15(13-14)16-6-3/h9-10,13H,4-8,11-12H2,1-3H3,(H,16,17). The summed E-state index contributed by atoms with van der Waals surface area (Å²) in [5, 5.41) is 3.28. The molecule has 0 aromatic carbocycles. The predicted molar refractivity (Wildman–Crippen MR) is 80.4 cm³/mol. The number of rotatable bonds is 9. The molecule has 18 heavy (non-hydrogen) atoms. The van der Waals surface area contributed by atoms with Gasteiger partial charge in [0, 0.05) is 37.6 Å². The molecule has 0 saturated heterocycles. The molecule has 1 rings (SSSR count). The van der Waals surface area contributed by atoms with Gasteiger partial charge in [-0.2, -0.15) is 0 Å². The summed E-state index contributed by atoms with van der Waals surface area (Å²) >= 11 is 0. The zero-order chi connectivity index (χ0) is 13.2. The molecular formula is C15H27N3. The van der Waals surface area contributed by atoms with Crippen LogP contribution in [0.15, 0.2) is 18.3 Å². The molecule has 1 N–H and O–H groups in total. The maximum absolute atomic E-state index is 4.33. The Labute approximate surface area is 112 Å². The molecule has 1 aromatic heterocycles. The Kier molecular flexibility index (Phi) is 7.23. The highest BCUT2D eigenvalue weighted by molar-refractivity contribution is 5.53. The molecule has 102 valence electrons. The number of hydrogen-bond donors (Lipinski definition) is 1. The summed E-state index contributed by atoms with van der Waals surface area (Å²) in [7, 11) is 0. The Bertz CT molecular complexity index is 317. The second-order valence-electron chi connectivity index (χ2n) is 4.62. The second-order valence-corrected chi connectivity index (χ2v) is 4.62. The molecule has 0 spiro atoms. The summed E-state index contributed by atoms with van der Waals surface area (Å²) in [4.78, 5) is 6.82. The monoisotopic (exact) mass is 249 g/mol. The topological polar surface area (TPSA) is 28.2 Å². The van der Waals surface area contributed by atoms with Gasteiger partial charge in [-0.3, -0.25) is 0 Å². The fourth-order valence-electron chi connectivity index (χ4n) is 1.96. The highest BCUT2D eigenvalue weighted by Gasteiger charge is 2.06. The van der Waals surface area contributed by atoms with Gasteiger partial charge in [0.05, 0.1) is 0 Å². The number of anilines is 2. The summed E-state index contributed by atoms with van der Waals surface area (Å²) in [6, 6.07) is 4.28. The van der Waals surface area contributed by atoms with Gasteiger partial charge in [0.2, 0.25) is 0 Å². The molecular weight excluding hydrogens is 222 g/mol. The molecule has 0 atom stereocenters. The van der Waals surface area contributed by atoms with E-state index in [0.717, 1.165) is 25.5 Å². The molecule has 3 heteroatoms. The molecule has 0 saturated carbocycles. The molecule has 0 unspecified atom stereocenters. The maximum atomic E-state index is 4.33. The Morgan fingerprint density at radius 2 is 1.78 bits per heavy atom. The first-order valence-corrected chi connectivity index (χ1v) is 7.26. The lowest BCUT2D eigenvalue weighted by molar-refractivity contribution is 0.678. The lowest BCUT2D eigenvalue weighted by Crippen LogP contribution is -2.25. The second kappa shape index (κ2) is 8.78. The smallest absolute Gasteiger partial charge is 0.127 e. The van der Waals surface area contributed by atoms with Crippen LogP contribution < -0.4 is 10.2 Å². The minimum absolute atomic E-state index is 0.917. The first-order valence-electron chi connectivity index (χ1n) is 7.26. The number of pyridine rings is 1. The Morgan fingerprint density at radius 3 is 2.33 bits per heavy atom. The molecule has 0 fully saturated rings. The fraction of sp³-hybridized carbons (Fsp3) is 0.667. The number of aromatic nitrogens is 1. The van der Waals surface area contributed by atoms with Crippen molar-refractivity contribution in [2.45, 2.75) is 46.5 Å². The zero-order valence-electron chi connectivity index (χ0n) is 12.1.